The molecule has 3 amide bonds. The summed E-state index contributed by atoms with van der Waals surface area (Å²) in [5, 5.41) is 54.4. The van der Waals surface area contributed by atoms with E-state index in [2.05, 4.69) is 37.2 Å². The number of carbonyl (C=O) groups excluding carboxylic acids is 3. The van der Waals surface area contributed by atoms with Gasteiger partial charge in [0.05, 0.1) is 28.3 Å². The van der Waals surface area contributed by atoms with Crippen molar-refractivity contribution in [1.29, 1.82) is 0 Å². The van der Waals surface area contributed by atoms with E-state index in [1.807, 2.05) is 0 Å². The van der Waals surface area contributed by atoms with Crippen LogP contribution in [-0.2, 0) is 41.7 Å². The lowest BCUT2D eigenvalue weighted by atomic mass is 9.76. The molecule has 1 saturated heterocycles. The van der Waals surface area contributed by atoms with E-state index in [9.17, 15) is 39.4 Å². The number of nitrogens with zero attached hydrogens (tertiary/aromatic N) is 5. The molecule has 0 bridgehead atoms. The second kappa shape index (κ2) is 16.9. The molecule has 5 aromatic carbocycles. The second-order valence-electron chi connectivity index (χ2n) is 18.5. The van der Waals surface area contributed by atoms with Crippen molar-refractivity contribution in [3.63, 3.8) is 0 Å². The van der Waals surface area contributed by atoms with E-state index in [0.29, 0.717) is 53.3 Å². The highest BCUT2D eigenvalue weighted by molar-refractivity contribution is 6.04. The number of nitrogens with one attached hydrogen (secondary N) is 1. The molecule has 0 spiro atoms. The van der Waals surface area contributed by atoms with Gasteiger partial charge in [-0.2, -0.15) is 10.2 Å². The van der Waals surface area contributed by atoms with Crippen LogP contribution in [0.3, 0.4) is 0 Å². The Morgan fingerprint density at radius 3 is 2.32 bits per heavy atom. The molecule has 6 aliphatic heterocycles. The highest BCUT2D eigenvalue weighted by Gasteiger charge is 2.47. The summed E-state index contributed by atoms with van der Waals surface area (Å²) in [6, 6.07) is 19.8. The van der Waals surface area contributed by atoms with Crippen LogP contribution in [0.15, 0.2) is 83.0 Å². The van der Waals surface area contributed by atoms with Gasteiger partial charge < -0.3 is 30.3 Å². The van der Waals surface area contributed by atoms with Gasteiger partial charge >= 0.3 is 11.9 Å². The molecule has 2 unspecified atom stereocenters. The van der Waals surface area contributed by atoms with Crippen molar-refractivity contribution in [2.75, 3.05) is 37.6 Å². The van der Waals surface area contributed by atoms with Gasteiger partial charge in [0.15, 0.2) is 0 Å². The Morgan fingerprint density at radius 2 is 1.57 bits per heavy atom. The normalized spacial score (nSPS) is 19.0. The van der Waals surface area contributed by atoms with Crippen LogP contribution >= 0.6 is 0 Å². The van der Waals surface area contributed by atoms with Crippen LogP contribution in [0.5, 0.6) is 17.2 Å². The van der Waals surface area contributed by atoms with Gasteiger partial charge in [-0.15, -0.1) is 5.11 Å². The Balaban J connectivity index is 0.936. The third-order valence-corrected chi connectivity index (χ3v) is 14.4. The van der Waals surface area contributed by atoms with Crippen LogP contribution in [0, 0.1) is 11.8 Å². The van der Waals surface area contributed by atoms with E-state index in [0.717, 1.165) is 91.3 Å². The van der Waals surface area contributed by atoms with Crippen molar-refractivity contribution in [2.45, 2.75) is 57.8 Å². The molecule has 0 aromatic heterocycles. The smallest absolute Gasteiger partial charge is 0.336 e. The average molecular weight is 916 g/mol. The largest absolute Gasteiger partial charge is 0.506 e. The summed E-state index contributed by atoms with van der Waals surface area (Å²) >= 11 is 0. The van der Waals surface area contributed by atoms with Crippen LogP contribution in [-0.4, -0.2) is 88.0 Å². The van der Waals surface area contributed by atoms with E-state index in [-0.39, 0.29) is 52.1 Å². The summed E-state index contributed by atoms with van der Waals surface area (Å²) in [6.45, 7) is 3.39. The van der Waals surface area contributed by atoms with E-state index in [1.165, 1.54) is 47.3 Å². The van der Waals surface area contributed by atoms with Crippen LogP contribution in [0.4, 0.5) is 17.1 Å². The average Bonchev–Trinajstić information content (AvgIpc) is 3.60. The second-order valence-corrected chi connectivity index (χ2v) is 18.5. The third-order valence-electron chi connectivity index (χ3n) is 14.4. The lowest BCUT2D eigenvalue weighted by molar-refractivity contribution is -0.172. The summed E-state index contributed by atoms with van der Waals surface area (Å²) in [6.07, 6.45) is 5.96. The fraction of sp³-hybridized carbons (Fsp3) is 0.308. The van der Waals surface area contributed by atoms with Crippen molar-refractivity contribution in [3.05, 3.63) is 139 Å². The Labute approximate surface area is 389 Å². The van der Waals surface area contributed by atoms with Crippen molar-refractivity contribution < 1.29 is 49.2 Å². The van der Waals surface area contributed by atoms with Crippen molar-refractivity contribution in [3.8, 4) is 17.2 Å². The van der Waals surface area contributed by atoms with Gasteiger partial charge in [0.1, 0.15) is 36.0 Å². The molecule has 5 aromatic rings. The number of benzene rings is 5. The van der Waals surface area contributed by atoms with Crippen LogP contribution in [0.2, 0.25) is 0 Å². The van der Waals surface area contributed by atoms with Crippen molar-refractivity contribution in [2.24, 2.45) is 22.1 Å². The number of aromatic hydroxyl groups is 1. The molecular formula is C52H47N6O10+. The molecule has 6 heterocycles. The first-order chi connectivity index (χ1) is 32.9. The number of hydrogen-bond donors (Lipinski definition) is 5. The molecule has 0 aliphatic carbocycles. The van der Waals surface area contributed by atoms with Gasteiger partial charge in [0, 0.05) is 77.6 Å². The maximum atomic E-state index is 13.7. The van der Waals surface area contributed by atoms with E-state index >= 15 is 0 Å². The Bertz CT molecular complexity index is 3210. The number of carboxylic acids is 2. The minimum absolute atomic E-state index is 0.0454. The molecule has 344 valence electrons. The monoisotopic (exact) mass is 915 g/mol. The van der Waals surface area contributed by atoms with Crippen LogP contribution in [0.1, 0.15) is 95.7 Å². The number of ether oxygens (including phenoxy) is 1. The lowest BCUT2D eigenvalue weighted by Gasteiger charge is -2.43. The minimum atomic E-state index is -1.20. The van der Waals surface area contributed by atoms with E-state index < -0.39 is 35.6 Å². The number of carbonyl (C=O) groups is 5. The molecular weight excluding hydrogens is 869 g/mol. The number of hydrogen-bond acceptors (Lipinski definition) is 11. The van der Waals surface area contributed by atoms with E-state index in [1.54, 1.807) is 24.3 Å². The zero-order chi connectivity index (χ0) is 47.0. The van der Waals surface area contributed by atoms with Crippen molar-refractivity contribution in [1.82, 2.24) is 15.0 Å². The molecule has 5 N–H and O–H groups in total. The van der Waals surface area contributed by atoms with Gasteiger partial charge in [-0.3, -0.25) is 19.6 Å². The Morgan fingerprint density at radius 1 is 0.794 bits per heavy atom. The number of imide groups is 1. The molecule has 1 fully saturated rings. The minimum Gasteiger partial charge on any atom is -0.506 e. The fourth-order valence-electron chi connectivity index (χ4n) is 11.3. The highest BCUT2D eigenvalue weighted by atomic mass is 16.5. The maximum absolute atomic E-state index is 13.7. The summed E-state index contributed by atoms with van der Waals surface area (Å²) in [7, 11) is 0. The highest BCUT2D eigenvalue weighted by Crippen LogP contribution is 2.51. The zero-order valence-corrected chi connectivity index (χ0v) is 37.0. The van der Waals surface area contributed by atoms with E-state index in [4.69, 9.17) is 9.84 Å². The topological polar surface area (TPSA) is 222 Å². The number of anilines is 1. The van der Waals surface area contributed by atoms with Gasteiger partial charge in [-0.1, -0.05) is 12.1 Å². The molecule has 2 atom stereocenters. The van der Waals surface area contributed by atoms with Gasteiger partial charge in [-0.25, -0.2) is 14.2 Å². The molecule has 11 rings (SSSR count). The summed E-state index contributed by atoms with van der Waals surface area (Å²) < 4.78 is 9.64. The van der Waals surface area contributed by atoms with Gasteiger partial charge in [0.25, 0.3) is 17.7 Å². The molecule has 16 heteroatoms. The fourth-order valence-corrected chi connectivity index (χ4v) is 11.3. The zero-order valence-electron chi connectivity index (χ0n) is 37.0. The molecule has 0 radical (unpaired) electrons. The molecule has 16 nitrogen and oxygen atoms in total. The number of aromatic carboxylic acids is 2. The quantitative estimate of drug-likeness (QED) is 0.0493. The number of rotatable bonds is 10. The SMILES string of the molecule is O=C(O)c1ccc(/N=N/c2ccc(CCNC(=O)c3ccc(C4=c5cc6c7c(c5Oc5c4cc4c8c5CC(C5CC(=O)N(O)C5=O)CN8CCC4)CCC[N+]=7CCC6)c(C(=O)O)c3)cc2O)cc1. The van der Waals surface area contributed by atoms with Crippen LogP contribution in [0.25, 0.3) is 5.57 Å². The molecule has 0 saturated carbocycles. The third kappa shape index (κ3) is 7.35. The molecule has 6 aliphatic rings. The maximum Gasteiger partial charge on any atom is 0.336 e. The predicted octanol–water partition coefficient (Wildman–Crippen LogP) is 5.60. The first kappa shape index (κ1) is 42.9. The predicted molar refractivity (Wildman–Crippen MR) is 246 cm³/mol. The number of phenolic OH excluding ortho intramolecular Hbond substituents is 1. The number of fused-ring (bicyclic) bond motifs is 4. The lowest BCUT2D eigenvalue weighted by Crippen LogP contribution is -2.45. The summed E-state index contributed by atoms with van der Waals surface area (Å²) in [5.41, 5.74) is 8.82. The number of carboxylic acid groups (broad SMARTS) is 2. The number of amides is 3. The number of hydroxylamine groups is 2. The molecule has 68 heavy (non-hydrogen) atoms. The first-order valence-electron chi connectivity index (χ1n) is 23.1. The number of azo groups is 1. The Hall–Kier alpha value is -7.72. The van der Waals surface area contributed by atoms with Gasteiger partial charge in [-0.05, 0) is 122 Å². The van der Waals surface area contributed by atoms with Gasteiger partial charge in [0.2, 0.25) is 5.36 Å². The number of phenols is 1. The first-order valence-corrected chi connectivity index (χ1v) is 23.1. The van der Waals surface area contributed by atoms with Crippen LogP contribution < -0.4 is 30.1 Å². The number of aryl methyl sites for hydroxylation is 2. The Kier molecular flexibility index (Phi) is 10.6. The summed E-state index contributed by atoms with van der Waals surface area (Å²) in [5.74, 6) is -3.70. The summed E-state index contributed by atoms with van der Waals surface area (Å²) in [4.78, 5) is 66.4. The van der Waals surface area contributed by atoms with Crippen molar-refractivity contribution >= 4 is 52.3 Å². The standard InChI is InChI=1S/C52H46N6O10/c59-42-20-27(7-14-41(42)55-54-33-11-8-28(9-12-33)51(63)64)15-16-53-49(61)31-10-13-34(37(23-31)52(65)66)44-38-21-29-4-1-17-56-18-3-6-35(45(29)56)47(38)68-48-39(44)22-30-5-2-19-57-26-32(24-40(48)46(30)57)36-25-43(60)58(67)50(36)62/h7-14,20-23,32,36,67H,1-6,15-19,24-26H2,(H3-,53,54,59,61,63,64,65,66)/p+1.